The molecule has 2 aliphatic carbocycles. The first-order chi connectivity index (χ1) is 19.8. The molecule has 224 valence electrons. The summed E-state index contributed by atoms with van der Waals surface area (Å²) in [7, 11) is 0.340. The normalized spacial score (nSPS) is 28.5. The van der Waals surface area contributed by atoms with E-state index in [1.807, 2.05) is 0 Å². The van der Waals surface area contributed by atoms with Gasteiger partial charge in [-0.05, 0) is 19.8 Å². The third kappa shape index (κ3) is 4.78. The van der Waals surface area contributed by atoms with Crippen LogP contribution in [-0.2, 0) is 20.7 Å². The second kappa shape index (κ2) is 11.0. The summed E-state index contributed by atoms with van der Waals surface area (Å²) >= 11 is 0. The minimum absolute atomic E-state index is 0.00566. The van der Waals surface area contributed by atoms with Gasteiger partial charge in [-0.3, -0.25) is 14.4 Å². The molecule has 0 spiro atoms. The van der Waals surface area contributed by atoms with E-state index in [9.17, 15) is 44.9 Å². The molecular formula is C28H32BNO12. The zero-order valence-corrected chi connectivity index (χ0v) is 23.2. The zero-order valence-electron chi connectivity index (χ0n) is 23.2. The number of ketones is 3. The van der Waals surface area contributed by atoms with Crippen LogP contribution in [0.5, 0.6) is 17.2 Å². The van der Waals surface area contributed by atoms with Gasteiger partial charge < -0.3 is 50.0 Å². The van der Waals surface area contributed by atoms with Crippen LogP contribution in [0.1, 0.15) is 68.8 Å². The number of hydrogen-bond donors (Lipinski definition) is 7. The fourth-order valence-corrected chi connectivity index (χ4v) is 6.19. The first-order valence-electron chi connectivity index (χ1n) is 13.5. The van der Waals surface area contributed by atoms with E-state index in [0.717, 1.165) is 0 Å². The SMILES string of the molecule is COc1cccc2c1C(=O)c1c(O)c3c(c(O)c1C2=O)C[C@@](O)(C(=O)CO)C[C@@H]3O[C@H]1C[C@H](NB(C)O)[C@H](O)[C@H](C)O1. The summed E-state index contributed by atoms with van der Waals surface area (Å²) in [5.74, 6) is -3.87. The number of aliphatic hydroxyl groups excluding tert-OH is 2. The van der Waals surface area contributed by atoms with Crippen LogP contribution in [0, 0.1) is 0 Å². The van der Waals surface area contributed by atoms with Crippen molar-refractivity contribution < 1.29 is 59.2 Å². The molecule has 3 aliphatic rings. The van der Waals surface area contributed by atoms with Gasteiger partial charge in [0.05, 0.1) is 42.1 Å². The van der Waals surface area contributed by atoms with Gasteiger partial charge in [-0.2, -0.15) is 0 Å². The Balaban J connectivity index is 1.65. The van der Waals surface area contributed by atoms with Crippen molar-refractivity contribution in [3.63, 3.8) is 0 Å². The lowest BCUT2D eigenvalue weighted by Gasteiger charge is -2.43. The van der Waals surface area contributed by atoms with Crippen LogP contribution in [0.2, 0.25) is 6.82 Å². The quantitative estimate of drug-likeness (QED) is 0.141. The average Bonchev–Trinajstić information content (AvgIpc) is 2.94. The molecule has 2 aromatic carbocycles. The Morgan fingerprint density at radius 1 is 1.17 bits per heavy atom. The maximum absolute atomic E-state index is 13.7. The second-order valence-corrected chi connectivity index (χ2v) is 10.9. The first kappa shape index (κ1) is 30.1. The van der Waals surface area contributed by atoms with Crippen LogP contribution in [0.25, 0.3) is 0 Å². The number of carbonyl (C=O) groups excluding carboxylic acids is 3. The van der Waals surface area contributed by atoms with Crippen molar-refractivity contribution in [1.82, 2.24) is 5.23 Å². The molecule has 0 saturated carbocycles. The molecule has 0 aromatic heterocycles. The van der Waals surface area contributed by atoms with Crippen LogP contribution < -0.4 is 9.96 Å². The number of phenolic OH excluding ortho intramolecular Hbond substituents is 2. The molecule has 1 heterocycles. The maximum atomic E-state index is 13.7. The molecule has 5 rings (SSSR count). The molecule has 1 fully saturated rings. The van der Waals surface area contributed by atoms with Gasteiger partial charge in [-0.1, -0.05) is 12.1 Å². The van der Waals surface area contributed by atoms with E-state index in [1.165, 1.54) is 32.1 Å². The van der Waals surface area contributed by atoms with E-state index < -0.39 is 103 Å². The highest BCUT2D eigenvalue weighted by atomic mass is 16.7. The summed E-state index contributed by atoms with van der Waals surface area (Å²) in [5.41, 5.74) is -3.76. The first-order valence-corrected chi connectivity index (χ1v) is 13.5. The van der Waals surface area contributed by atoms with Crippen molar-refractivity contribution in [3.8, 4) is 17.2 Å². The third-order valence-corrected chi connectivity index (χ3v) is 8.22. The zero-order chi connectivity index (χ0) is 30.7. The van der Waals surface area contributed by atoms with Crippen LogP contribution in [0.3, 0.4) is 0 Å². The Morgan fingerprint density at radius 3 is 2.50 bits per heavy atom. The number of nitrogens with one attached hydrogen (secondary N) is 1. The molecule has 13 nitrogen and oxygen atoms in total. The number of aromatic hydroxyl groups is 2. The number of phenols is 2. The number of hydrogen-bond acceptors (Lipinski definition) is 13. The maximum Gasteiger partial charge on any atom is 0.373 e. The highest BCUT2D eigenvalue weighted by molar-refractivity contribution is 6.45. The summed E-state index contributed by atoms with van der Waals surface area (Å²) in [6.45, 7) is 2.01. The van der Waals surface area contributed by atoms with Crippen molar-refractivity contribution >= 4 is 24.4 Å². The number of methoxy groups -OCH3 is 1. The van der Waals surface area contributed by atoms with Crippen molar-refractivity contribution in [3.05, 3.63) is 51.6 Å². The average molecular weight is 585 g/mol. The summed E-state index contributed by atoms with van der Waals surface area (Å²) in [4.78, 5) is 40.0. The van der Waals surface area contributed by atoms with Gasteiger partial charge in [0.2, 0.25) is 5.78 Å². The highest BCUT2D eigenvalue weighted by Crippen LogP contribution is 2.52. The molecule has 1 aliphatic heterocycles. The molecule has 2 aromatic rings. The number of carbonyl (C=O) groups is 3. The van der Waals surface area contributed by atoms with E-state index in [2.05, 4.69) is 5.23 Å². The lowest BCUT2D eigenvalue weighted by molar-refractivity contribution is -0.248. The molecule has 0 unspecified atom stereocenters. The van der Waals surface area contributed by atoms with Gasteiger partial charge in [-0.15, -0.1) is 0 Å². The van der Waals surface area contributed by atoms with Crippen molar-refractivity contribution in [2.45, 2.75) is 69.3 Å². The highest BCUT2D eigenvalue weighted by Gasteiger charge is 2.50. The van der Waals surface area contributed by atoms with Gasteiger partial charge in [0.25, 0.3) is 0 Å². The Hall–Kier alpha value is -3.37. The fraction of sp³-hybridized carbons (Fsp3) is 0.464. The van der Waals surface area contributed by atoms with Gasteiger partial charge >= 0.3 is 7.05 Å². The molecular weight excluding hydrogens is 553 g/mol. The molecule has 0 bridgehead atoms. The van der Waals surface area contributed by atoms with Crippen LogP contribution in [0.15, 0.2) is 18.2 Å². The Bertz CT molecular complexity index is 1460. The van der Waals surface area contributed by atoms with E-state index in [4.69, 9.17) is 14.2 Å². The molecule has 42 heavy (non-hydrogen) atoms. The fourth-order valence-electron chi connectivity index (χ4n) is 6.19. The Kier molecular flexibility index (Phi) is 7.91. The summed E-state index contributed by atoms with van der Waals surface area (Å²) in [6, 6.07) is 3.66. The van der Waals surface area contributed by atoms with Gasteiger partial charge in [0.1, 0.15) is 29.5 Å². The van der Waals surface area contributed by atoms with Crippen molar-refractivity contribution in [1.29, 1.82) is 0 Å². The molecule has 14 heteroatoms. The minimum Gasteiger partial charge on any atom is -0.507 e. The Morgan fingerprint density at radius 2 is 1.86 bits per heavy atom. The van der Waals surface area contributed by atoms with E-state index in [-0.39, 0.29) is 34.4 Å². The van der Waals surface area contributed by atoms with Gasteiger partial charge in [0, 0.05) is 42.0 Å². The summed E-state index contributed by atoms with van der Waals surface area (Å²) in [5, 5.41) is 67.0. The lowest BCUT2D eigenvalue weighted by Crippen LogP contribution is -2.57. The van der Waals surface area contributed by atoms with Gasteiger partial charge in [-0.25, -0.2) is 0 Å². The molecule has 1 saturated heterocycles. The van der Waals surface area contributed by atoms with Crippen LogP contribution in [0.4, 0.5) is 0 Å². The molecule has 0 radical (unpaired) electrons. The largest absolute Gasteiger partial charge is 0.507 e. The predicted molar refractivity (Wildman–Crippen MR) is 145 cm³/mol. The Labute approximate surface area is 240 Å². The smallest absolute Gasteiger partial charge is 0.373 e. The summed E-state index contributed by atoms with van der Waals surface area (Å²) in [6.07, 6.45) is -5.39. The van der Waals surface area contributed by atoms with E-state index >= 15 is 0 Å². The minimum atomic E-state index is -2.27. The lowest BCUT2D eigenvalue weighted by atomic mass is 9.72. The standard InChI is InChI=1S/C28H32BNO12/c1-11-23(33)14(30-29(2)39)7-18(41-11)42-16-9-28(38,17(32)10-31)8-13-20(16)27(37)22-21(25(13)35)24(34)12-5-4-6-15(40-3)19(12)26(22)36/h4-6,11,14,16,18,23,30-31,33,35,37-39H,7-10H2,1-3H3/t11-,14-,16-,18-,23+,28-/m0/s1. The number of ether oxygens (including phenoxy) is 3. The number of rotatable bonds is 7. The van der Waals surface area contributed by atoms with E-state index in [0.29, 0.717) is 0 Å². The van der Waals surface area contributed by atoms with E-state index in [1.54, 1.807) is 6.92 Å². The molecule has 0 amide bonds. The van der Waals surface area contributed by atoms with Crippen molar-refractivity contribution in [2.75, 3.05) is 13.7 Å². The second-order valence-electron chi connectivity index (χ2n) is 10.9. The molecule has 6 atom stereocenters. The monoisotopic (exact) mass is 585 g/mol. The van der Waals surface area contributed by atoms with Crippen molar-refractivity contribution in [2.24, 2.45) is 0 Å². The topological polar surface area (TPSA) is 212 Å². The third-order valence-electron chi connectivity index (χ3n) is 8.22. The van der Waals surface area contributed by atoms with Gasteiger partial charge in [0.15, 0.2) is 17.9 Å². The number of Topliss-reactive ketones (excluding diaryl/α,β-unsaturated/α-hetero) is 1. The number of fused-ring (bicyclic) bond motifs is 3. The molecule has 7 N–H and O–H groups in total. The number of aliphatic hydroxyl groups is 3. The van der Waals surface area contributed by atoms with Crippen LogP contribution >= 0.6 is 0 Å². The summed E-state index contributed by atoms with van der Waals surface area (Å²) < 4.78 is 17.2. The predicted octanol–water partition coefficient (Wildman–Crippen LogP) is -0.258. The number of benzene rings is 2. The van der Waals surface area contributed by atoms with Crippen LogP contribution in [-0.4, -0.2) is 98.8 Å².